The van der Waals surface area contributed by atoms with Gasteiger partial charge in [-0.05, 0) is 11.1 Å². The van der Waals surface area contributed by atoms with E-state index in [4.69, 9.17) is 0 Å². The van der Waals surface area contributed by atoms with Gasteiger partial charge in [-0.1, -0.05) is 66.4 Å². The molecule has 0 bridgehead atoms. The van der Waals surface area contributed by atoms with Gasteiger partial charge in [0.1, 0.15) is 0 Å². The topological polar surface area (TPSA) is 3.24 Å². The molecule has 3 aromatic carbocycles. The summed E-state index contributed by atoms with van der Waals surface area (Å²) >= 11 is 0. The van der Waals surface area contributed by atoms with Crippen LogP contribution in [0.25, 0.3) is 0 Å². The second-order valence-electron chi connectivity index (χ2n) is 5.08. The fourth-order valence-corrected chi connectivity index (χ4v) is 2.41. The van der Waals surface area contributed by atoms with Gasteiger partial charge < -0.3 is 21.9 Å². The van der Waals surface area contributed by atoms with Crippen molar-refractivity contribution < 1.29 is 17.0 Å². The molecular formula is C20H18BrMgN. The molecule has 0 spiro atoms. The van der Waals surface area contributed by atoms with Gasteiger partial charge >= 0.3 is 23.1 Å². The molecule has 0 saturated carbocycles. The smallest absolute Gasteiger partial charge is 1.00 e. The zero-order valence-corrected chi connectivity index (χ0v) is 16.0. The predicted molar refractivity (Wildman–Crippen MR) is 93.8 cm³/mol. The Kier molecular flexibility index (Phi) is 9.00. The third kappa shape index (κ3) is 6.02. The SMILES string of the molecule is [Br-].[Mg+2].[c-]1ccccc1N(Cc1ccccc1)Cc1ccccc1. The van der Waals surface area contributed by atoms with E-state index in [2.05, 4.69) is 83.8 Å². The van der Waals surface area contributed by atoms with Gasteiger partial charge in [0.05, 0.1) is 0 Å². The number of anilines is 1. The number of hydrogen-bond acceptors (Lipinski definition) is 1. The van der Waals surface area contributed by atoms with E-state index in [1.54, 1.807) is 0 Å². The molecule has 112 valence electrons. The summed E-state index contributed by atoms with van der Waals surface area (Å²) < 4.78 is 0. The number of nitrogens with zero attached hydrogens (tertiary/aromatic N) is 1. The van der Waals surface area contributed by atoms with Crippen LogP contribution in [0, 0.1) is 6.07 Å². The first kappa shape index (κ1) is 19.8. The average Bonchev–Trinajstić information content (AvgIpc) is 2.57. The molecule has 0 amide bonds. The molecule has 0 radical (unpaired) electrons. The molecule has 0 saturated heterocycles. The van der Waals surface area contributed by atoms with E-state index >= 15 is 0 Å². The molecule has 0 N–H and O–H groups in total. The van der Waals surface area contributed by atoms with Crippen LogP contribution in [0.4, 0.5) is 5.69 Å². The summed E-state index contributed by atoms with van der Waals surface area (Å²) in [5, 5.41) is 0. The van der Waals surface area contributed by atoms with Crippen molar-refractivity contribution in [3.8, 4) is 0 Å². The second kappa shape index (κ2) is 10.5. The minimum atomic E-state index is 0. The van der Waals surface area contributed by atoms with Gasteiger partial charge in [-0.15, -0.1) is 6.07 Å². The van der Waals surface area contributed by atoms with Crippen LogP contribution in [-0.4, -0.2) is 23.1 Å². The molecule has 3 rings (SSSR count). The summed E-state index contributed by atoms with van der Waals surface area (Å²) in [5.41, 5.74) is 3.75. The number of halogens is 1. The van der Waals surface area contributed by atoms with Crippen LogP contribution in [0.1, 0.15) is 11.1 Å². The van der Waals surface area contributed by atoms with Gasteiger partial charge in [-0.2, -0.15) is 24.3 Å². The Balaban J connectivity index is 0.00000132. The summed E-state index contributed by atoms with van der Waals surface area (Å²) in [6, 6.07) is 32.6. The van der Waals surface area contributed by atoms with Gasteiger partial charge in [-0.25, -0.2) is 0 Å². The standard InChI is InChI=1S/C20H18N.BrH.Mg/c1-4-10-18(11-5-1)16-21(20-14-8-3-9-15-20)17-19-12-6-2-7-13-19;;/h1-14H,16-17H2;1H;/q-1;;+2/p-1. The Hall–Kier alpha value is -1.29. The van der Waals surface area contributed by atoms with E-state index in [1.807, 2.05) is 12.1 Å². The maximum atomic E-state index is 3.33. The van der Waals surface area contributed by atoms with E-state index < -0.39 is 0 Å². The van der Waals surface area contributed by atoms with E-state index in [0.29, 0.717) is 0 Å². The quantitative estimate of drug-likeness (QED) is 0.480. The summed E-state index contributed by atoms with van der Waals surface area (Å²) in [4.78, 5) is 2.35. The van der Waals surface area contributed by atoms with Crippen LogP contribution in [0.5, 0.6) is 0 Å². The van der Waals surface area contributed by atoms with Crippen molar-refractivity contribution in [2.45, 2.75) is 13.1 Å². The minimum absolute atomic E-state index is 0. The molecule has 0 aliphatic heterocycles. The third-order valence-corrected chi connectivity index (χ3v) is 3.47. The van der Waals surface area contributed by atoms with Crippen molar-refractivity contribution in [2.24, 2.45) is 0 Å². The molecule has 0 unspecified atom stereocenters. The molecule has 0 aliphatic carbocycles. The predicted octanol–water partition coefficient (Wildman–Crippen LogP) is 1.32. The number of benzene rings is 3. The largest absolute Gasteiger partial charge is 2.00 e. The number of hydrogen-bond donors (Lipinski definition) is 0. The first-order valence-corrected chi connectivity index (χ1v) is 7.21. The molecule has 0 heterocycles. The molecule has 3 heteroatoms. The maximum Gasteiger partial charge on any atom is 2.00 e. The van der Waals surface area contributed by atoms with Gasteiger partial charge in [0.2, 0.25) is 0 Å². The average molecular weight is 377 g/mol. The summed E-state index contributed by atoms with van der Waals surface area (Å²) in [5.74, 6) is 0. The Morgan fingerprint density at radius 3 is 1.57 bits per heavy atom. The van der Waals surface area contributed by atoms with Crippen molar-refractivity contribution in [1.82, 2.24) is 0 Å². The molecule has 0 fully saturated rings. The van der Waals surface area contributed by atoms with Crippen LogP contribution in [0.15, 0.2) is 84.9 Å². The van der Waals surface area contributed by atoms with Crippen molar-refractivity contribution in [3.63, 3.8) is 0 Å². The Bertz CT molecular complexity index is 617. The van der Waals surface area contributed by atoms with E-state index in [0.717, 1.165) is 18.8 Å². The zero-order valence-electron chi connectivity index (χ0n) is 13.0. The van der Waals surface area contributed by atoms with Crippen LogP contribution >= 0.6 is 0 Å². The van der Waals surface area contributed by atoms with Crippen molar-refractivity contribution in [3.05, 3.63) is 102 Å². The fraction of sp³-hybridized carbons (Fsp3) is 0.100. The number of para-hydroxylation sites is 1. The second-order valence-corrected chi connectivity index (χ2v) is 5.08. The van der Waals surface area contributed by atoms with Gasteiger partial charge in [0.25, 0.3) is 0 Å². The van der Waals surface area contributed by atoms with Crippen molar-refractivity contribution >= 4 is 28.7 Å². The molecule has 23 heavy (non-hydrogen) atoms. The zero-order chi connectivity index (χ0) is 14.3. The van der Waals surface area contributed by atoms with Gasteiger partial charge in [0.15, 0.2) is 0 Å². The Morgan fingerprint density at radius 1 is 0.652 bits per heavy atom. The van der Waals surface area contributed by atoms with E-state index in [9.17, 15) is 0 Å². The Morgan fingerprint density at radius 2 is 1.13 bits per heavy atom. The summed E-state index contributed by atoms with van der Waals surface area (Å²) in [7, 11) is 0. The summed E-state index contributed by atoms with van der Waals surface area (Å²) in [6.07, 6.45) is 0. The van der Waals surface area contributed by atoms with Crippen LogP contribution in [0.3, 0.4) is 0 Å². The molecule has 1 nitrogen and oxygen atoms in total. The minimum Gasteiger partial charge on any atom is -1.00 e. The molecule has 0 atom stereocenters. The fourth-order valence-electron chi connectivity index (χ4n) is 2.41. The van der Waals surface area contributed by atoms with Crippen LogP contribution in [0.2, 0.25) is 0 Å². The van der Waals surface area contributed by atoms with Gasteiger partial charge in [0, 0.05) is 13.1 Å². The molecule has 0 aromatic heterocycles. The molecular weight excluding hydrogens is 358 g/mol. The van der Waals surface area contributed by atoms with E-state index in [-0.39, 0.29) is 40.0 Å². The molecule has 3 aromatic rings. The maximum absolute atomic E-state index is 3.33. The van der Waals surface area contributed by atoms with Gasteiger partial charge in [-0.3, -0.25) is 0 Å². The summed E-state index contributed by atoms with van der Waals surface area (Å²) in [6.45, 7) is 1.77. The third-order valence-electron chi connectivity index (χ3n) is 3.47. The Labute approximate surface area is 165 Å². The van der Waals surface area contributed by atoms with Crippen LogP contribution < -0.4 is 21.9 Å². The number of rotatable bonds is 5. The first-order chi connectivity index (χ1) is 10.4. The normalized spacial score (nSPS) is 9.39. The monoisotopic (exact) mass is 375 g/mol. The van der Waals surface area contributed by atoms with Crippen molar-refractivity contribution in [2.75, 3.05) is 4.90 Å². The molecule has 0 aliphatic rings. The van der Waals surface area contributed by atoms with Crippen LogP contribution in [-0.2, 0) is 13.1 Å². The van der Waals surface area contributed by atoms with Crippen molar-refractivity contribution in [1.29, 1.82) is 0 Å². The van der Waals surface area contributed by atoms with E-state index in [1.165, 1.54) is 11.1 Å². The first-order valence-electron chi connectivity index (χ1n) is 7.21.